The zero-order valence-corrected chi connectivity index (χ0v) is 14.1. The lowest BCUT2D eigenvalue weighted by atomic mass is 9.95. The van der Waals surface area contributed by atoms with Crippen LogP contribution in [-0.2, 0) is 16.1 Å². The maximum atomic E-state index is 11.9. The maximum absolute atomic E-state index is 11.9. The van der Waals surface area contributed by atoms with Gasteiger partial charge in [-0.25, -0.2) is 0 Å². The van der Waals surface area contributed by atoms with Crippen molar-refractivity contribution in [1.29, 1.82) is 0 Å². The van der Waals surface area contributed by atoms with Gasteiger partial charge in [0.1, 0.15) is 0 Å². The van der Waals surface area contributed by atoms with Crippen molar-refractivity contribution in [3.8, 4) is 0 Å². The molecule has 1 saturated heterocycles. The van der Waals surface area contributed by atoms with E-state index in [1.54, 1.807) is 4.90 Å². The van der Waals surface area contributed by atoms with E-state index in [-0.39, 0.29) is 11.8 Å². The van der Waals surface area contributed by atoms with Crippen molar-refractivity contribution < 1.29 is 14.6 Å². The second kappa shape index (κ2) is 9.01. The van der Waals surface area contributed by atoms with Crippen LogP contribution in [-0.4, -0.2) is 67.3 Å². The maximum Gasteiger partial charge on any atom is 0.225 e. The van der Waals surface area contributed by atoms with Gasteiger partial charge in [-0.3, -0.25) is 4.79 Å². The zero-order chi connectivity index (χ0) is 16.7. The third-order valence-corrected chi connectivity index (χ3v) is 4.27. The number of likely N-dealkylation sites (tertiary alicyclic amines) is 1. The van der Waals surface area contributed by atoms with E-state index in [1.165, 1.54) is 0 Å². The predicted molar refractivity (Wildman–Crippen MR) is 90.0 cm³/mol. The van der Waals surface area contributed by atoms with Gasteiger partial charge >= 0.3 is 0 Å². The first-order chi connectivity index (χ1) is 11.1. The molecule has 0 bridgehead atoms. The van der Waals surface area contributed by atoms with Crippen molar-refractivity contribution in [2.75, 3.05) is 40.3 Å². The summed E-state index contributed by atoms with van der Waals surface area (Å²) >= 11 is 0. The lowest BCUT2D eigenvalue weighted by Crippen LogP contribution is -2.43. The first kappa shape index (κ1) is 17.9. The summed E-state index contributed by atoms with van der Waals surface area (Å²) in [4.78, 5) is 15.8. The number of piperidine rings is 1. The number of benzene rings is 1. The Labute approximate surface area is 138 Å². The monoisotopic (exact) mass is 320 g/mol. The Morgan fingerprint density at radius 3 is 2.57 bits per heavy atom. The van der Waals surface area contributed by atoms with E-state index < -0.39 is 6.10 Å². The molecule has 1 aromatic rings. The molecular formula is C18H28N2O3. The van der Waals surface area contributed by atoms with Crippen LogP contribution in [0.3, 0.4) is 0 Å². The van der Waals surface area contributed by atoms with E-state index in [9.17, 15) is 9.90 Å². The highest BCUT2D eigenvalue weighted by molar-refractivity contribution is 5.78. The van der Waals surface area contributed by atoms with Crippen molar-refractivity contribution in [3.63, 3.8) is 0 Å². The lowest BCUT2D eigenvalue weighted by Gasteiger charge is -2.33. The van der Waals surface area contributed by atoms with Crippen LogP contribution < -0.4 is 0 Å². The van der Waals surface area contributed by atoms with Crippen LogP contribution in [0.2, 0.25) is 0 Å². The van der Waals surface area contributed by atoms with Crippen LogP contribution in [0.5, 0.6) is 0 Å². The summed E-state index contributed by atoms with van der Waals surface area (Å²) < 4.78 is 5.58. The molecule has 1 aliphatic rings. The number of ether oxygens (including phenoxy) is 1. The Morgan fingerprint density at radius 1 is 1.30 bits per heavy atom. The molecule has 1 fully saturated rings. The minimum Gasteiger partial charge on any atom is -0.389 e. The number of hydrogen-bond donors (Lipinski definition) is 1. The zero-order valence-electron chi connectivity index (χ0n) is 14.1. The van der Waals surface area contributed by atoms with Crippen LogP contribution in [0.15, 0.2) is 30.3 Å². The quantitative estimate of drug-likeness (QED) is 0.824. The van der Waals surface area contributed by atoms with Gasteiger partial charge in [-0.2, -0.15) is 0 Å². The highest BCUT2D eigenvalue weighted by Gasteiger charge is 2.26. The van der Waals surface area contributed by atoms with Crippen LogP contribution in [0.25, 0.3) is 0 Å². The molecule has 0 saturated carbocycles. The average Bonchev–Trinajstić information content (AvgIpc) is 2.56. The molecule has 1 aromatic carbocycles. The van der Waals surface area contributed by atoms with Gasteiger partial charge in [-0.05, 0) is 31.5 Å². The van der Waals surface area contributed by atoms with Crippen molar-refractivity contribution in [1.82, 2.24) is 9.80 Å². The van der Waals surface area contributed by atoms with Gasteiger partial charge in [0.05, 0.1) is 19.3 Å². The molecule has 1 unspecified atom stereocenters. The Bertz CT molecular complexity index is 470. The molecule has 0 spiro atoms. The molecule has 5 heteroatoms. The van der Waals surface area contributed by atoms with Crippen LogP contribution in [0.1, 0.15) is 18.4 Å². The summed E-state index contributed by atoms with van der Waals surface area (Å²) in [5.74, 6) is 0.351. The number of carbonyl (C=O) groups excluding carboxylic acids is 1. The summed E-state index contributed by atoms with van der Waals surface area (Å²) in [7, 11) is 3.62. The summed E-state index contributed by atoms with van der Waals surface area (Å²) in [5.41, 5.74) is 1.11. The van der Waals surface area contributed by atoms with E-state index in [1.807, 2.05) is 44.4 Å². The van der Waals surface area contributed by atoms with Gasteiger partial charge in [0.25, 0.3) is 0 Å². The third kappa shape index (κ3) is 5.94. The molecule has 23 heavy (non-hydrogen) atoms. The highest BCUT2D eigenvalue weighted by Crippen LogP contribution is 2.19. The van der Waals surface area contributed by atoms with E-state index in [0.29, 0.717) is 19.8 Å². The van der Waals surface area contributed by atoms with Gasteiger partial charge in [0.2, 0.25) is 5.91 Å². The van der Waals surface area contributed by atoms with E-state index in [4.69, 9.17) is 4.74 Å². The fourth-order valence-corrected chi connectivity index (χ4v) is 2.97. The van der Waals surface area contributed by atoms with Crippen molar-refractivity contribution >= 4 is 5.91 Å². The predicted octanol–water partition coefficient (Wildman–Crippen LogP) is 1.36. The number of β-amino-alcohol motifs (C(OH)–C–C–N with tert-alkyl or cyclic N) is 1. The molecule has 0 aromatic heterocycles. The van der Waals surface area contributed by atoms with E-state index in [0.717, 1.165) is 31.5 Å². The van der Waals surface area contributed by atoms with Crippen LogP contribution >= 0.6 is 0 Å². The second-order valence-corrected chi connectivity index (χ2v) is 6.46. The normalized spacial score (nSPS) is 17.9. The number of hydrogen-bond acceptors (Lipinski definition) is 4. The summed E-state index contributed by atoms with van der Waals surface area (Å²) in [6.45, 7) is 3.19. The Hall–Kier alpha value is -1.43. The first-order valence-corrected chi connectivity index (χ1v) is 8.29. The van der Waals surface area contributed by atoms with Gasteiger partial charge in [-0.15, -0.1) is 0 Å². The minimum atomic E-state index is -0.486. The molecule has 1 aliphatic heterocycles. The largest absolute Gasteiger partial charge is 0.389 e. The summed E-state index contributed by atoms with van der Waals surface area (Å²) in [6, 6.07) is 9.96. The van der Waals surface area contributed by atoms with Gasteiger partial charge in [0, 0.05) is 26.6 Å². The highest BCUT2D eigenvalue weighted by atomic mass is 16.5. The lowest BCUT2D eigenvalue weighted by molar-refractivity contribution is -0.134. The fourth-order valence-electron chi connectivity index (χ4n) is 2.97. The second-order valence-electron chi connectivity index (χ2n) is 6.46. The molecule has 5 nitrogen and oxygen atoms in total. The Balaban J connectivity index is 1.63. The summed E-state index contributed by atoms with van der Waals surface area (Å²) in [5, 5.41) is 10.1. The summed E-state index contributed by atoms with van der Waals surface area (Å²) in [6.07, 6.45) is 1.25. The molecule has 1 N–H and O–H groups in total. The number of rotatable bonds is 7. The van der Waals surface area contributed by atoms with Crippen molar-refractivity contribution in [2.24, 2.45) is 5.92 Å². The van der Waals surface area contributed by atoms with Crippen LogP contribution in [0, 0.1) is 5.92 Å². The third-order valence-electron chi connectivity index (χ3n) is 4.27. The van der Waals surface area contributed by atoms with E-state index >= 15 is 0 Å². The van der Waals surface area contributed by atoms with E-state index in [2.05, 4.69) is 4.90 Å². The molecule has 1 amide bonds. The van der Waals surface area contributed by atoms with Gasteiger partial charge in [-0.1, -0.05) is 30.3 Å². The van der Waals surface area contributed by atoms with Gasteiger partial charge in [0.15, 0.2) is 0 Å². The molecule has 1 heterocycles. The Kier molecular flexibility index (Phi) is 7.02. The molecule has 128 valence electrons. The average molecular weight is 320 g/mol. The number of aliphatic hydroxyl groups excluding tert-OH is 1. The fraction of sp³-hybridized carbons (Fsp3) is 0.611. The molecule has 2 rings (SSSR count). The molecule has 0 aliphatic carbocycles. The number of nitrogens with zero attached hydrogens (tertiary/aromatic N) is 2. The number of carbonyl (C=O) groups is 1. The molecule has 1 atom stereocenters. The SMILES string of the molecule is CN(C)C(=O)C1CCN(CC(O)COCc2ccccc2)CC1. The topological polar surface area (TPSA) is 53.0 Å². The van der Waals surface area contributed by atoms with Crippen LogP contribution in [0.4, 0.5) is 0 Å². The number of aliphatic hydroxyl groups is 1. The standard InChI is InChI=1S/C18H28N2O3/c1-19(2)18(22)16-8-10-20(11-9-16)12-17(21)14-23-13-15-6-4-3-5-7-15/h3-7,16-17,21H,8-14H2,1-2H3. The minimum absolute atomic E-state index is 0.132. The molecular weight excluding hydrogens is 292 g/mol. The first-order valence-electron chi connectivity index (χ1n) is 8.29. The van der Waals surface area contributed by atoms with Crippen molar-refractivity contribution in [3.05, 3.63) is 35.9 Å². The smallest absolute Gasteiger partial charge is 0.225 e. The number of amides is 1. The Morgan fingerprint density at radius 2 is 1.96 bits per heavy atom. The van der Waals surface area contributed by atoms with Gasteiger partial charge < -0.3 is 19.6 Å². The van der Waals surface area contributed by atoms with Crippen molar-refractivity contribution in [2.45, 2.75) is 25.6 Å². The molecule has 0 radical (unpaired) electrons.